The molecule has 0 fully saturated rings. The number of tetrazole rings is 1. The fourth-order valence-electron chi connectivity index (χ4n) is 3.56. The number of hydrogen-bond acceptors (Lipinski definition) is 7. The smallest absolute Gasteiger partial charge is 0.311 e. The third kappa shape index (κ3) is 3.77. The van der Waals surface area contributed by atoms with Crippen molar-refractivity contribution in [1.29, 1.82) is 0 Å². The quantitative estimate of drug-likeness (QED) is 0.439. The molecule has 146 valence electrons. The van der Waals surface area contributed by atoms with Gasteiger partial charge < -0.3 is 9.05 Å². The molecule has 0 radical (unpaired) electrons. The number of benzene rings is 2. The van der Waals surface area contributed by atoms with Gasteiger partial charge in [-0.15, -0.1) is 10.2 Å². The van der Waals surface area contributed by atoms with Gasteiger partial charge in [-0.2, -0.15) is 5.21 Å². The minimum Gasteiger partial charge on any atom is -0.311 e. The summed E-state index contributed by atoms with van der Waals surface area (Å²) in [5, 5.41) is 17.5. The van der Waals surface area contributed by atoms with Crippen LogP contribution in [-0.4, -0.2) is 41.1 Å². The lowest BCUT2D eigenvalue weighted by Crippen LogP contribution is -2.26. The minimum absolute atomic E-state index is 0.0512. The molecule has 0 saturated carbocycles. The summed E-state index contributed by atoms with van der Waals surface area (Å²) >= 11 is 0. The number of H-pyrrole nitrogens is 1. The number of rotatable bonds is 8. The average Bonchev–Trinajstić information content (AvgIpc) is 3.38. The Bertz CT molecular complexity index is 1000. The fourth-order valence-corrected chi connectivity index (χ4v) is 4.41. The zero-order valence-electron chi connectivity index (χ0n) is 15.8. The largest absolute Gasteiger partial charge is 0.343 e. The molecule has 1 aliphatic carbocycles. The van der Waals surface area contributed by atoms with E-state index in [1.807, 2.05) is 0 Å². The SMILES string of the molecule is COP(=O)(CNC(Cc1ccc2c(c1)Cc1ccccc1-2)c1nn[nH]n1)OC. The Kier molecular flexibility index (Phi) is 5.37. The van der Waals surface area contributed by atoms with Crippen LogP contribution >= 0.6 is 7.60 Å². The van der Waals surface area contributed by atoms with Gasteiger partial charge >= 0.3 is 7.60 Å². The number of hydrogen-bond donors (Lipinski definition) is 2. The van der Waals surface area contributed by atoms with Gasteiger partial charge in [-0.05, 0) is 40.7 Å². The lowest BCUT2D eigenvalue weighted by atomic mass is 9.99. The first-order chi connectivity index (χ1) is 13.6. The van der Waals surface area contributed by atoms with E-state index in [4.69, 9.17) is 9.05 Å². The van der Waals surface area contributed by atoms with Crippen LogP contribution in [0.15, 0.2) is 42.5 Å². The highest BCUT2D eigenvalue weighted by atomic mass is 31.2. The molecular formula is C19H22N5O3P. The summed E-state index contributed by atoms with van der Waals surface area (Å²) in [5.74, 6) is 0.502. The van der Waals surface area contributed by atoms with Crippen LogP contribution < -0.4 is 5.32 Å². The van der Waals surface area contributed by atoms with Crippen LogP contribution in [0.25, 0.3) is 11.1 Å². The Labute approximate surface area is 163 Å². The van der Waals surface area contributed by atoms with Gasteiger partial charge in [0.2, 0.25) is 0 Å². The van der Waals surface area contributed by atoms with Gasteiger partial charge in [0.15, 0.2) is 5.82 Å². The number of nitrogens with zero attached hydrogens (tertiary/aromatic N) is 3. The summed E-state index contributed by atoms with van der Waals surface area (Å²) < 4.78 is 22.4. The molecule has 9 heteroatoms. The van der Waals surface area contributed by atoms with Crippen molar-refractivity contribution in [3.05, 3.63) is 65.0 Å². The Balaban J connectivity index is 1.55. The van der Waals surface area contributed by atoms with E-state index < -0.39 is 7.60 Å². The predicted octanol–water partition coefficient (Wildman–Crippen LogP) is 3.09. The number of fused-ring (bicyclic) bond motifs is 3. The lowest BCUT2D eigenvalue weighted by Gasteiger charge is -2.19. The Morgan fingerprint density at radius 1 is 1.14 bits per heavy atom. The van der Waals surface area contributed by atoms with Crippen LogP contribution in [0.3, 0.4) is 0 Å². The van der Waals surface area contributed by atoms with Crippen LogP contribution in [0.1, 0.15) is 28.6 Å². The molecular weight excluding hydrogens is 377 g/mol. The van der Waals surface area contributed by atoms with E-state index in [1.165, 1.54) is 36.5 Å². The van der Waals surface area contributed by atoms with Crippen molar-refractivity contribution >= 4 is 7.60 Å². The maximum atomic E-state index is 12.4. The second-order valence-corrected chi connectivity index (χ2v) is 8.96. The maximum Gasteiger partial charge on any atom is 0.343 e. The predicted molar refractivity (Wildman–Crippen MR) is 105 cm³/mol. The van der Waals surface area contributed by atoms with Gasteiger partial charge in [0.25, 0.3) is 0 Å². The molecule has 4 rings (SSSR count). The van der Waals surface area contributed by atoms with E-state index in [0.29, 0.717) is 12.2 Å². The number of aromatic amines is 1. The Morgan fingerprint density at radius 2 is 1.93 bits per heavy atom. The molecule has 8 nitrogen and oxygen atoms in total. The standard InChI is InChI=1S/C19H22N5O3P/c1-26-28(25,27-2)12-20-18(19-21-23-24-22-19)10-13-7-8-17-15(9-13)11-14-5-3-4-6-16(14)17/h3-9,18,20H,10-12H2,1-2H3,(H,21,22,23,24). The zero-order chi connectivity index (χ0) is 19.6. The summed E-state index contributed by atoms with van der Waals surface area (Å²) in [5.41, 5.74) is 6.39. The highest BCUT2D eigenvalue weighted by Crippen LogP contribution is 2.45. The highest BCUT2D eigenvalue weighted by Gasteiger charge is 2.26. The first-order valence-corrected chi connectivity index (χ1v) is 10.7. The van der Waals surface area contributed by atoms with Crippen molar-refractivity contribution in [2.24, 2.45) is 0 Å². The first-order valence-electron chi connectivity index (χ1n) is 8.99. The molecule has 1 unspecified atom stereocenters. The van der Waals surface area contributed by atoms with Gasteiger partial charge in [0.1, 0.15) is 0 Å². The average molecular weight is 399 g/mol. The third-order valence-electron chi connectivity index (χ3n) is 5.06. The molecule has 0 spiro atoms. The molecule has 2 aromatic carbocycles. The van der Waals surface area contributed by atoms with Gasteiger partial charge in [-0.25, -0.2) is 0 Å². The van der Waals surface area contributed by atoms with Gasteiger partial charge in [0.05, 0.1) is 12.3 Å². The van der Waals surface area contributed by atoms with Crippen molar-refractivity contribution in [3.63, 3.8) is 0 Å². The summed E-state index contributed by atoms with van der Waals surface area (Å²) in [6, 6.07) is 14.7. The Hall–Kier alpha value is -2.38. The summed E-state index contributed by atoms with van der Waals surface area (Å²) in [6.45, 7) is 0. The summed E-state index contributed by atoms with van der Waals surface area (Å²) in [4.78, 5) is 0. The van der Waals surface area contributed by atoms with Crippen LogP contribution in [-0.2, 0) is 26.5 Å². The van der Waals surface area contributed by atoms with E-state index >= 15 is 0 Å². The molecule has 0 bridgehead atoms. The molecule has 0 amide bonds. The monoisotopic (exact) mass is 399 g/mol. The molecule has 1 aromatic heterocycles. The maximum absolute atomic E-state index is 12.4. The van der Waals surface area contributed by atoms with Crippen molar-refractivity contribution < 1.29 is 13.6 Å². The fraction of sp³-hybridized carbons (Fsp3) is 0.316. The zero-order valence-corrected chi connectivity index (χ0v) is 16.6. The first kappa shape index (κ1) is 19.0. The molecule has 2 N–H and O–H groups in total. The minimum atomic E-state index is -3.19. The normalized spacial score (nSPS) is 13.9. The number of aromatic nitrogens is 4. The topological polar surface area (TPSA) is 102 Å². The highest BCUT2D eigenvalue weighted by molar-refractivity contribution is 7.53. The van der Waals surface area contributed by atoms with Gasteiger partial charge in [-0.1, -0.05) is 47.7 Å². The molecule has 3 aromatic rings. The molecule has 1 atom stereocenters. The van der Waals surface area contributed by atoms with Crippen LogP contribution in [0, 0.1) is 0 Å². The van der Waals surface area contributed by atoms with E-state index in [-0.39, 0.29) is 12.3 Å². The second-order valence-electron chi connectivity index (χ2n) is 6.69. The lowest BCUT2D eigenvalue weighted by molar-refractivity contribution is 0.270. The van der Waals surface area contributed by atoms with Gasteiger partial charge in [-0.3, -0.25) is 9.88 Å². The van der Waals surface area contributed by atoms with Crippen molar-refractivity contribution in [3.8, 4) is 11.1 Å². The van der Waals surface area contributed by atoms with E-state index in [2.05, 4.69) is 68.4 Å². The number of nitrogens with one attached hydrogen (secondary N) is 2. The summed E-state index contributed by atoms with van der Waals surface area (Å²) in [6.07, 6.45) is 1.61. The van der Waals surface area contributed by atoms with E-state index in [0.717, 1.165) is 12.0 Å². The van der Waals surface area contributed by atoms with Crippen LogP contribution in [0.5, 0.6) is 0 Å². The van der Waals surface area contributed by atoms with Crippen LogP contribution in [0.4, 0.5) is 0 Å². The van der Waals surface area contributed by atoms with Gasteiger partial charge in [0, 0.05) is 14.2 Å². The Morgan fingerprint density at radius 3 is 2.68 bits per heavy atom. The summed E-state index contributed by atoms with van der Waals surface area (Å²) in [7, 11) is -0.455. The van der Waals surface area contributed by atoms with Crippen molar-refractivity contribution in [2.75, 3.05) is 20.5 Å². The van der Waals surface area contributed by atoms with Crippen LogP contribution in [0.2, 0.25) is 0 Å². The molecule has 1 heterocycles. The van der Waals surface area contributed by atoms with Crippen molar-refractivity contribution in [2.45, 2.75) is 18.9 Å². The second kappa shape index (κ2) is 7.93. The van der Waals surface area contributed by atoms with E-state index in [1.54, 1.807) is 0 Å². The third-order valence-corrected chi connectivity index (χ3v) is 6.74. The van der Waals surface area contributed by atoms with E-state index in [9.17, 15) is 4.57 Å². The molecule has 0 saturated heterocycles. The molecule has 1 aliphatic rings. The molecule has 28 heavy (non-hydrogen) atoms. The molecule has 0 aliphatic heterocycles. The van der Waals surface area contributed by atoms with Crippen molar-refractivity contribution in [1.82, 2.24) is 25.9 Å².